The fraction of sp³-hybridized carbons (Fsp3) is 0.143. The van der Waals surface area contributed by atoms with Crippen molar-refractivity contribution in [3.8, 4) is 0 Å². The smallest absolute Gasteiger partial charge is 0.445 e. The van der Waals surface area contributed by atoms with E-state index in [0.29, 0.717) is 0 Å². The Morgan fingerprint density at radius 3 is 2.71 bits per heavy atom. The van der Waals surface area contributed by atoms with Crippen LogP contribution in [0.1, 0.15) is 0 Å². The molecule has 1 rings (SSSR count). The van der Waals surface area contributed by atoms with Crippen LogP contribution < -0.4 is 5.69 Å². The zero-order valence-electron chi connectivity index (χ0n) is 7.16. The first kappa shape index (κ1) is 10.6. The third-order valence-corrected chi connectivity index (χ3v) is 1.62. The number of aromatic nitrogens is 2. The highest BCUT2D eigenvalue weighted by Gasteiger charge is 2.26. The zero-order chi connectivity index (χ0) is 10.8. The summed E-state index contributed by atoms with van der Waals surface area (Å²) in [6, 6.07) is 1.39. The summed E-state index contributed by atoms with van der Waals surface area (Å²) in [7, 11) is 0. The van der Waals surface area contributed by atoms with Gasteiger partial charge in [0.25, 0.3) is 0 Å². The highest BCUT2D eigenvalue weighted by Crippen LogP contribution is 2.18. The molecule has 1 aromatic rings. The molecule has 0 amide bonds. The van der Waals surface area contributed by atoms with E-state index in [4.69, 9.17) is 0 Å². The van der Waals surface area contributed by atoms with Crippen molar-refractivity contribution in [3.05, 3.63) is 41.0 Å². The molecule has 0 N–H and O–H groups in total. The Kier molecular flexibility index (Phi) is 2.78. The highest BCUT2D eigenvalue weighted by molar-refractivity contribution is 6.66. The van der Waals surface area contributed by atoms with Gasteiger partial charge in [0.15, 0.2) is 0 Å². The van der Waals surface area contributed by atoms with Crippen LogP contribution in [-0.2, 0) is 6.54 Å². The molecule has 0 spiro atoms. The molecule has 0 saturated carbocycles. The number of halogens is 3. The second kappa shape index (κ2) is 3.69. The molecule has 0 aliphatic carbocycles. The zero-order valence-corrected chi connectivity index (χ0v) is 7.16. The Labute approximate surface area is 78.0 Å². The topological polar surface area (TPSA) is 34.9 Å². The van der Waals surface area contributed by atoms with Gasteiger partial charge in [-0.1, -0.05) is 0 Å². The van der Waals surface area contributed by atoms with Gasteiger partial charge in [-0.05, 0) is 6.07 Å². The van der Waals surface area contributed by atoms with Crippen molar-refractivity contribution in [1.82, 2.24) is 9.55 Å². The van der Waals surface area contributed by atoms with Gasteiger partial charge >= 0.3 is 12.7 Å². The van der Waals surface area contributed by atoms with Crippen LogP contribution in [0.25, 0.3) is 0 Å². The van der Waals surface area contributed by atoms with Crippen molar-refractivity contribution in [3.63, 3.8) is 0 Å². The minimum atomic E-state index is -5.09. The molecule has 0 aromatic carbocycles. The lowest BCUT2D eigenvalue weighted by molar-refractivity contribution is 0.481. The Balaban J connectivity index is 2.86. The molecule has 0 fully saturated rings. The number of allylic oxidation sites excluding steroid dienone is 1. The Bertz CT molecular complexity index is 398. The maximum absolute atomic E-state index is 12.1. The lowest BCUT2D eigenvalue weighted by Crippen LogP contribution is -2.28. The first-order chi connectivity index (χ1) is 6.41. The quantitative estimate of drug-likeness (QED) is 0.691. The van der Waals surface area contributed by atoms with Crippen LogP contribution in [0.15, 0.2) is 35.3 Å². The Morgan fingerprint density at radius 1 is 1.57 bits per heavy atom. The summed E-state index contributed by atoms with van der Waals surface area (Å²) >= 11 is 0. The molecule has 7 heteroatoms. The summed E-state index contributed by atoms with van der Waals surface area (Å²) in [5, 5.41) is 0. The molecule has 1 aromatic heterocycles. The average Bonchev–Trinajstić information content (AvgIpc) is 2.07. The first-order valence-electron chi connectivity index (χ1n) is 3.80. The second-order valence-electron chi connectivity index (χ2n) is 2.76. The van der Waals surface area contributed by atoms with Crippen LogP contribution in [0, 0.1) is 0 Å². The first-order valence-corrected chi connectivity index (χ1v) is 3.80. The average molecular weight is 203 g/mol. The second-order valence-corrected chi connectivity index (χ2v) is 2.76. The van der Waals surface area contributed by atoms with Gasteiger partial charge in [0.05, 0.1) is 0 Å². The van der Waals surface area contributed by atoms with E-state index >= 15 is 0 Å². The molecule has 76 valence electrons. The van der Waals surface area contributed by atoms with E-state index in [2.05, 4.69) is 11.6 Å². The highest BCUT2D eigenvalue weighted by atomic mass is 19.4. The maximum atomic E-state index is 12.1. The van der Waals surface area contributed by atoms with Crippen LogP contribution >= 0.6 is 0 Å². The predicted octanol–water partition coefficient (Wildman–Crippen LogP) is 1.19. The molecular weight excluding hydrogens is 196 g/mol. The van der Waals surface area contributed by atoms with Crippen molar-refractivity contribution >= 4 is 6.98 Å². The number of hydrogen-bond acceptors (Lipinski definition) is 2. The van der Waals surface area contributed by atoms with Crippen molar-refractivity contribution in [2.75, 3.05) is 0 Å². The van der Waals surface area contributed by atoms with Gasteiger partial charge in [0.1, 0.15) is 0 Å². The van der Waals surface area contributed by atoms with Crippen LogP contribution in [-0.4, -0.2) is 16.5 Å². The summed E-state index contributed by atoms with van der Waals surface area (Å²) in [6.45, 7) is -2.78. The van der Waals surface area contributed by atoms with E-state index < -0.39 is 24.7 Å². The van der Waals surface area contributed by atoms with Crippen LogP contribution in [0.2, 0.25) is 0 Å². The van der Waals surface area contributed by atoms with Gasteiger partial charge in [-0.15, -0.1) is 12.1 Å². The van der Waals surface area contributed by atoms with Crippen molar-refractivity contribution in [2.24, 2.45) is 0 Å². The minimum Gasteiger partial charge on any atom is -0.445 e. The number of hydrogen-bond donors (Lipinski definition) is 0. The summed E-state index contributed by atoms with van der Waals surface area (Å²) < 4.78 is 37.1. The van der Waals surface area contributed by atoms with Crippen LogP contribution in [0.4, 0.5) is 12.9 Å². The van der Waals surface area contributed by atoms with E-state index in [1.165, 1.54) is 18.5 Å². The van der Waals surface area contributed by atoms with Crippen molar-refractivity contribution < 1.29 is 12.9 Å². The fourth-order valence-corrected chi connectivity index (χ4v) is 0.830. The molecule has 0 saturated heterocycles. The molecule has 0 radical (unpaired) electrons. The van der Waals surface area contributed by atoms with Gasteiger partial charge < -0.3 is 12.9 Å². The molecule has 14 heavy (non-hydrogen) atoms. The minimum absolute atomic E-state index is 0.559. The van der Waals surface area contributed by atoms with Gasteiger partial charge in [0, 0.05) is 18.9 Å². The molecule has 0 aliphatic heterocycles. The van der Waals surface area contributed by atoms with E-state index in [0.717, 1.165) is 4.57 Å². The van der Waals surface area contributed by atoms with E-state index in [1.54, 1.807) is 0 Å². The molecule has 0 aliphatic rings. The Morgan fingerprint density at radius 2 is 2.21 bits per heavy atom. The SMILES string of the molecule is C=C(Cn1cccnc1=O)[B-](F)(F)F. The molecular formula is C7H7BF3N2O-. The van der Waals surface area contributed by atoms with Gasteiger partial charge in [-0.2, -0.15) is 0 Å². The molecule has 1 heterocycles. The predicted molar refractivity (Wildman–Crippen MR) is 46.7 cm³/mol. The van der Waals surface area contributed by atoms with E-state index in [-0.39, 0.29) is 0 Å². The van der Waals surface area contributed by atoms with E-state index in [1.807, 2.05) is 0 Å². The largest absolute Gasteiger partial charge is 0.506 e. The molecule has 0 bridgehead atoms. The number of nitrogens with zero attached hydrogens (tertiary/aromatic N) is 2. The third-order valence-electron chi connectivity index (χ3n) is 1.62. The molecule has 0 unspecified atom stereocenters. The summed E-state index contributed by atoms with van der Waals surface area (Å²) in [5.74, 6) is 0. The normalized spacial score (nSPS) is 11.4. The lowest BCUT2D eigenvalue weighted by Gasteiger charge is -2.18. The van der Waals surface area contributed by atoms with Crippen LogP contribution in [0.3, 0.4) is 0 Å². The van der Waals surface area contributed by atoms with Crippen LogP contribution in [0.5, 0.6) is 0 Å². The van der Waals surface area contributed by atoms with Crippen molar-refractivity contribution in [2.45, 2.75) is 6.54 Å². The Hall–Kier alpha value is -1.53. The fourth-order valence-electron chi connectivity index (χ4n) is 0.830. The van der Waals surface area contributed by atoms with Gasteiger partial charge in [-0.3, -0.25) is 4.57 Å². The monoisotopic (exact) mass is 203 g/mol. The maximum Gasteiger partial charge on any atom is 0.506 e. The molecule has 3 nitrogen and oxygen atoms in total. The summed E-state index contributed by atoms with van der Waals surface area (Å²) in [6.07, 6.45) is 2.46. The third kappa shape index (κ3) is 2.48. The van der Waals surface area contributed by atoms with E-state index in [9.17, 15) is 17.7 Å². The molecule has 0 atom stereocenters. The van der Waals surface area contributed by atoms with Crippen molar-refractivity contribution in [1.29, 1.82) is 0 Å². The standard InChI is InChI=1S/C7H7BF3N2O/c1-6(8(9,10)11)5-13-4-2-3-12-7(13)14/h2-4H,1,5H2/q-1. The van der Waals surface area contributed by atoms with Gasteiger partial charge in [0.2, 0.25) is 0 Å². The number of rotatable bonds is 3. The lowest BCUT2D eigenvalue weighted by atomic mass is 9.80. The summed E-state index contributed by atoms with van der Waals surface area (Å²) in [4.78, 5) is 14.3. The summed E-state index contributed by atoms with van der Waals surface area (Å²) in [5.41, 5.74) is -1.63. The van der Waals surface area contributed by atoms with Gasteiger partial charge in [-0.25, -0.2) is 9.78 Å².